The van der Waals surface area contributed by atoms with Crippen LogP contribution in [0, 0.1) is 5.92 Å². The van der Waals surface area contributed by atoms with Crippen molar-refractivity contribution in [2.45, 2.75) is 76.0 Å². The van der Waals surface area contributed by atoms with E-state index in [2.05, 4.69) is 46.5 Å². The van der Waals surface area contributed by atoms with Crippen molar-refractivity contribution in [3.63, 3.8) is 0 Å². The van der Waals surface area contributed by atoms with Crippen molar-refractivity contribution in [1.29, 1.82) is 0 Å². The van der Waals surface area contributed by atoms with E-state index in [1.54, 1.807) is 0 Å². The largest absolute Gasteiger partial charge is 0.354 e. The van der Waals surface area contributed by atoms with Gasteiger partial charge in [0.15, 0.2) is 0 Å². The zero-order chi connectivity index (χ0) is 18.6. The number of amides is 1. The molecule has 26 heavy (non-hydrogen) atoms. The highest BCUT2D eigenvalue weighted by Crippen LogP contribution is 2.31. The molecule has 0 aromatic carbocycles. The van der Waals surface area contributed by atoms with Crippen LogP contribution in [0.2, 0.25) is 0 Å². The number of aromatic nitrogens is 4. The molecule has 1 aliphatic carbocycles. The predicted molar refractivity (Wildman–Crippen MR) is 103 cm³/mol. The lowest BCUT2D eigenvalue weighted by atomic mass is 9.93. The van der Waals surface area contributed by atoms with Crippen LogP contribution in [0.1, 0.15) is 65.3 Å². The molecule has 2 aliphatic rings. The lowest BCUT2D eigenvalue weighted by Gasteiger charge is -2.43. The molecule has 0 bridgehead atoms. The average molecular weight is 381 g/mol. The summed E-state index contributed by atoms with van der Waals surface area (Å²) in [7, 11) is 0. The van der Waals surface area contributed by atoms with Gasteiger partial charge < -0.3 is 5.32 Å². The summed E-state index contributed by atoms with van der Waals surface area (Å²) in [4.78, 5) is 14.8. The third-order valence-electron chi connectivity index (χ3n) is 5.70. The van der Waals surface area contributed by atoms with Gasteiger partial charge in [-0.05, 0) is 62.4 Å². The number of hydrogen-bond acceptors (Lipinski definition) is 6. The maximum Gasteiger partial charge on any atom is 0.230 e. The van der Waals surface area contributed by atoms with Gasteiger partial charge in [0, 0.05) is 18.6 Å². The topological polar surface area (TPSA) is 75.9 Å². The summed E-state index contributed by atoms with van der Waals surface area (Å²) >= 11 is 1.44. The van der Waals surface area contributed by atoms with Gasteiger partial charge in [-0.25, -0.2) is 4.68 Å². The molecular weight excluding hydrogens is 348 g/mol. The van der Waals surface area contributed by atoms with Gasteiger partial charge in [0.2, 0.25) is 11.1 Å². The summed E-state index contributed by atoms with van der Waals surface area (Å²) in [6.45, 7) is 9.67. The number of likely N-dealkylation sites (tertiary alicyclic amines) is 1. The number of rotatable bonds is 7. The number of piperidine rings is 1. The smallest absolute Gasteiger partial charge is 0.230 e. The summed E-state index contributed by atoms with van der Waals surface area (Å²) in [5, 5.41) is 15.9. The molecular formula is C18H32N6OS. The van der Waals surface area contributed by atoms with E-state index in [0.717, 1.165) is 37.0 Å². The van der Waals surface area contributed by atoms with Gasteiger partial charge in [-0.2, -0.15) is 0 Å². The van der Waals surface area contributed by atoms with Crippen molar-refractivity contribution in [2.24, 2.45) is 5.92 Å². The van der Waals surface area contributed by atoms with Crippen molar-refractivity contribution < 1.29 is 4.79 Å². The second-order valence-electron chi connectivity index (χ2n) is 8.42. The van der Waals surface area contributed by atoms with Crippen molar-refractivity contribution in [3.05, 3.63) is 0 Å². The van der Waals surface area contributed by atoms with Crippen LogP contribution in [-0.4, -0.2) is 61.9 Å². The molecule has 146 valence electrons. The summed E-state index contributed by atoms with van der Waals surface area (Å²) < 4.78 is 1.91. The summed E-state index contributed by atoms with van der Waals surface area (Å²) in [6, 6.07) is 0.399. The monoisotopic (exact) mass is 380 g/mol. The van der Waals surface area contributed by atoms with Crippen molar-refractivity contribution >= 4 is 17.7 Å². The Morgan fingerprint density at radius 1 is 1.27 bits per heavy atom. The van der Waals surface area contributed by atoms with Gasteiger partial charge in [-0.15, -0.1) is 5.10 Å². The maximum atomic E-state index is 12.3. The van der Waals surface area contributed by atoms with E-state index in [4.69, 9.17) is 0 Å². The number of carbonyl (C=O) groups excluding carboxylic acids is 1. The predicted octanol–water partition coefficient (Wildman–Crippen LogP) is 2.51. The van der Waals surface area contributed by atoms with Crippen LogP contribution in [0.3, 0.4) is 0 Å². The fourth-order valence-electron chi connectivity index (χ4n) is 4.01. The summed E-state index contributed by atoms with van der Waals surface area (Å²) in [6.07, 6.45) is 7.29. The fourth-order valence-corrected chi connectivity index (χ4v) is 4.78. The van der Waals surface area contributed by atoms with E-state index >= 15 is 0 Å². The molecule has 1 aromatic heterocycles. The van der Waals surface area contributed by atoms with Crippen LogP contribution in [0.5, 0.6) is 0 Å². The van der Waals surface area contributed by atoms with E-state index in [1.165, 1.54) is 37.4 Å². The quantitative estimate of drug-likeness (QED) is 0.733. The molecule has 1 aliphatic heterocycles. The molecule has 0 spiro atoms. The Bertz CT molecular complexity index is 598. The molecule has 0 radical (unpaired) electrons. The second kappa shape index (κ2) is 8.69. The first-order chi connectivity index (χ1) is 12.5. The second-order valence-corrected chi connectivity index (χ2v) is 9.36. The molecule has 1 aromatic rings. The fraction of sp³-hybridized carbons (Fsp3) is 0.889. The highest BCUT2D eigenvalue weighted by molar-refractivity contribution is 7.99. The maximum absolute atomic E-state index is 12.3. The van der Waals surface area contributed by atoms with Gasteiger partial charge in [0.25, 0.3) is 0 Å². The third kappa shape index (κ3) is 4.97. The van der Waals surface area contributed by atoms with Crippen molar-refractivity contribution in [1.82, 2.24) is 30.4 Å². The zero-order valence-electron chi connectivity index (χ0n) is 16.3. The molecule has 1 saturated carbocycles. The van der Waals surface area contributed by atoms with Crippen LogP contribution >= 0.6 is 11.8 Å². The van der Waals surface area contributed by atoms with Crippen molar-refractivity contribution in [2.75, 3.05) is 25.4 Å². The number of thioether (sulfide) groups is 1. The van der Waals surface area contributed by atoms with E-state index in [1.807, 2.05) is 4.68 Å². The number of hydrogen-bond donors (Lipinski definition) is 1. The molecule has 1 saturated heterocycles. The molecule has 7 nitrogen and oxygen atoms in total. The average Bonchev–Trinajstić information content (AvgIpc) is 3.29. The summed E-state index contributed by atoms with van der Waals surface area (Å²) in [5.74, 6) is 1.15. The molecule has 1 amide bonds. The van der Waals surface area contributed by atoms with E-state index in [9.17, 15) is 4.79 Å². The Hall–Kier alpha value is -1.15. The lowest BCUT2D eigenvalue weighted by molar-refractivity contribution is -0.119. The highest BCUT2D eigenvalue weighted by atomic mass is 32.2. The minimum Gasteiger partial charge on any atom is -0.354 e. The number of carbonyl (C=O) groups is 1. The minimum absolute atomic E-state index is 0.0135. The first-order valence-corrected chi connectivity index (χ1v) is 10.9. The van der Waals surface area contributed by atoms with E-state index in [-0.39, 0.29) is 11.4 Å². The van der Waals surface area contributed by atoms with Gasteiger partial charge >= 0.3 is 0 Å². The Balaban J connectivity index is 1.45. The number of tetrazole rings is 1. The van der Waals surface area contributed by atoms with Crippen LogP contribution < -0.4 is 5.32 Å². The number of nitrogens with one attached hydrogen (secondary N) is 1. The Morgan fingerprint density at radius 2 is 2.04 bits per heavy atom. The SMILES string of the molecule is CC1CCCN(C(C)(C)CNC(=O)CSc2nnnn2C2CCCC2)C1. The van der Waals surface area contributed by atoms with Gasteiger partial charge in [0.05, 0.1) is 11.8 Å². The highest BCUT2D eigenvalue weighted by Gasteiger charge is 2.30. The van der Waals surface area contributed by atoms with E-state index in [0.29, 0.717) is 18.3 Å². The van der Waals surface area contributed by atoms with Gasteiger partial charge in [-0.1, -0.05) is 31.5 Å². The third-order valence-corrected chi connectivity index (χ3v) is 6.63. The van der Waals surface area contributed by atoms with Crippen molar-refractivity contribution in [3.8, 4) is 0 Å². The minimum atomic E-state index is -0.0135. The molecule has 2 fully saturated rings. The van der Waals surface area contributed by atoms with Crippen LogP contribution in [0.4, 0.5) is 0 Å². The van der Waals surface area contributed by atoms with E-state index < -0.39 is 0 Å². The van der Waals surface area contributed by atoms with Crippen LogP contribution in [0.25, 0.3) is 0 Å². The Morgan fingerprint density at radius 3 is 2.77 bits per heavy atom. The zero-order valence-corrected chi connectivity index (χ0v) is 17.1. The molecule has 2 heterocycles. The Labute approximate surface area is 160 Å². The molecule has 1 unspecified atom stereocenters. The normalized spacial score (nSPS) is 22.7. The van der Waals surface area contributed by atoms with Gasteiger partial charge in [-0.3, -0.25) is 9.69 Å². The lowest BCUT2D eigenvalue weighted by Crippen LogP contribution is -2.54. The first-order valence-electron chi connectivity index (χ1n) is 9.88. The van der Waals surface area contributed by atoms with Gasteiger partial charge in [0.1, 0.15) is 0 Å². The standard InChI is InChI=1S/C18H32N6OS/c1-14-7-6-10-23(11-14)18(2,3)13-19-16(25)12-26-17-20-21-22-24(17)15-8-4-5-9-15/h14-15H,4-13H2,1-3H3,(H,19,25). The first kappa shape index (κ1) is 19.6. The molecule has 3 rings (SSSR count). The Kier molecular flexibility index (Phi) is 6.55. The molecule has 1 N–H and O–H groups in total. The number of nitrogens with zero attached hydrogens (tertiary/aromatic N) is 5. The molecule has 1 atom stereocenters. The summed E-state index contributed by atoms with van der Waals surface area (Å²) in [5.41, 5.74) is -0.0135. The van der Waals surface area contributed by atoms with Crippen LogP contribution in [0.15, 0.2) is 5.16 Å². The van der Waals surface area contributed by atoms with Crippen LogP contribution in [-0.2, 0) is 4.79 Å². The molecule has 8 heteroatoms.